The third kappa shape index (κ3) is 48.3. The highest BCUT2D eigenvalue weighted by atomic mass is 16.6. The van der Waals surface area contributed by atoms with Crippen molar-refractivity contribution in [1.29, 1.82) is 0 Å². The molecule has 0 rings (SSSR count). The van der Waals surface area contributed by atoms with Crippen LogP contribution in [0.5, 0.6) is 0 Å². The lowest BCUT2D eigenvalue weighted by Gasteiger charge is -2.18. The van der Waals surface area contributed by atoms with Crippen molar-refractivity contribution in [3.05, 3.63) is 48.6 Å². The van der Waals surface area contributed by atoms with Crippen LogP contribution in [0.4, 0.5) is 0 Å². The van der Waals surface area contributed by atoms with Crippen LogP contribution < -0.4 is 0 Å². The summed E-state index contributed by atoms with van der Waals surface area (Å²) < 4.78 is 16.8. The van der Waals surface area contributed by atoms with E-state index in [2.05, 4.69) is 69.4 Å². The van der Waals surface area contributed by atoms with Gasteiger partial charge in [0, 0.05) is 19.3 Å². The molecule has 0 aromatic carbocycles. The number of ether oxygens (including phenoxy) is 3. The normalized spacial score (nSPS) is 12.4. The Kier molecular flexibility index (Phi) is 47.9. The average Bonchev–Trinajstić information content (AvgIpc) is 3.26. The fourth-order valence-corrected chi connectivity index (χ4v) is 7.39. The molecule has 0 saturated carbocycles. The number of allylic oxidation sites excluding steroid dienone is 8. The van der Waals surface area contributed by atoms with Crippen LogP contribution in [0.3, 0.4) is 0 Å². The molecule has 6 heteroatoms. The lowest BCUT2D eigenvalue weighted by atomic mass is 10.0. The van der Waals surface area contributed by atoms with Crippen LogP contribution >= 0.6 is 0 Å². The van der Waals surface area contributed by atoms with Crippen molar-refractivity contribution in [2.24, 2.45) is 0 Å². The highest BCUT2D eigenvalue weighted by Crippen LogP contribution is 2.15. The zero-order chi connectivity index (χ0) is 44.4. The maximum absolute atomic E-state index is 12.8. The van der Waals surface area contributed by atoms with E-state index in [1.54, 1.807) is 0 Å². The highest BCUT2D eigenvalue weighted by Gasteiger charge is 2.19. The van der Waals surface area contributed by atoms with Gasteiger partial charge in [-0.2, -0.15) is 0 Å². The van der Waals surface area contributed by atoms with Gasteiger partial charge in [0.1, 0.15) is 13.2 Å². The first-order chi connectivity index (χ1) is 30.0. The maximum Gasteiger partial charge on any atom is 0.306 e. The van der Waals surface area contributed by atoms with Gasteiger partial charge in [-0.3, -0.25) is 14.4 Å². The van der Waals surface area contributed by atoms with Crippen LogP contribution in [-0.4, -0.2) is 37.2 Å². The quantitative estimate of drug-likeness (QED) is 0.0263. The molecular formula is C55H98O6. The summed E-state index contributed by atoms with van der Waals surface area (Å²) in [6, 6.07) is 0. The minimum Gasteiger partial charge on any atom is -0.462 e. The molecule has 0 aromatic rings. The predicted molar refractivity (Wildman–Crippen MR) is 261 cm³/mol. The minimum atomic E-state index is -0.781. The molecule has 1 atom stereocenters. The van der Waals surface area contributed by atoms with Gasteiger partial charge in [0.15, 0.2) is 6.10 Å². The van der Waals surface area contributed by atoms with Crippen LogP contribution in [0, 0.1) is 0 Å². The zero-order valence-corrected chi connectivity index (χ0v) is 40.4. The van der Waals surface area contributed by atoms with E-state index in [0.717, 1.165) is 109 Å². The second kappa shape index (κ2) is 50.0. The molecule has 0 bridgehead atoms. The van der Waals surface area contributed by atoms with Crippen LogP contribution in [0.15, 0.2) is 48.6 Å². The molecule has 354 valence electrons. The Balaban J connectivity index is 4.40. The standard InChI is InChI=1S/C55H98O6/c1-4-7-10-13-16-19-22-25-28-31-33-36-39-42-45-48-54(57)60-51-52(61-55(58)49-46-43-40-37-34-30-27-24-21-18-15-12-9-6-3)50-59-53(56)47-44-41-38-35-32-29-26-23-20-17-14-11-8-5-2/h7,10,16,19,24-25,27-28,52H,4-6,8-9,11-15,17-18,20-23,26,29-51H2,1-3H3/b10-7+,19-16+,27-24+,28-25+/t52-/m1/s1. The Morgan fingerprint density at radius 1 is 0.344 bits per heavy atom. The lowest BCUT2D eigenvalue weighted by Crippen LogP contribution is -2.30. The Labute approximate surface area is 378 Å². The molecule has 0 heterocycles. The third-order valence-electron chi connectivity index (χ3n) is 11.3. The first-order valence-electron chi connectivity index (χ1n) is 26.1. The van der Waals surface area contributed by atoms with E-state index < -0.39 is 6.10 Å². The molecule has 61 heavy (non-hydrogen) atoms. The fraction of sp³-hybridized carbons (Fsp3) is 0.800. The van der Waals surface area contributed by atoms with E-state index in [4.69, 9.17) is 14.2 Å². The molecule has 0 amide bonds. The summed E-state index contributed by atoms with van der Waals surface area (Å²) in [7, 11) is 0. The fourth-order valence-electron chi connectivity index (χ4n) is 7.39. The van der Waals surface area contributed by atoms with Gasteiger partial charge in [-0.05, 0) is 77.0 Å². The van der Waals surface area contributed by atoms with Gasteiger partial charge in [0.2, 0.25) is 0 Å². The summed E-state index contributed by atoms with van der Waals surface area (Å²) >= 11 is 0. The van der Waals surface area contributed by atoms with E-state index in [-0.39, 0.29) is 31.1 Å². The number of esters is 3. The van der Waals surface area contributed by atoms with Gasteiger partial charge in [-0.25, -0.2) is 0 Å². The first kappa shape index (κ1) is 58.4. The summed E-state index contributed by atoms with van der Waals surface area (Å²) in [6.07, 6.45) is 59.5. The Bertz CT molecular complexity index is 1070. The van der Waals surface area contributed by atoms with E-state index in [0.29, 0.717) is 19.3 Å². The van der Waals surface area contributed by atoms with Crippen molar-refractivity contribution in [1.82, 2.24) is 0 Å². The molecular weight excluding hydrogens is 757 g/mol. The zero-order valence-electron chi connectivity index (χ0n) is 40.4. The predicted octanol–water partition coefficient (Wildman–Crippen LogP) is 17.1. The highest BCUT2D eigenvalue weighted by molar-refractivity contribution is 5.71. The summed E-state index contributed by atoms with van der Waals surface area (Å²) in [5.74, 6) is -0.897. The van der Waals surface area contributed by atoms with Gasteiger partial charge >= 0.3 is 17.9 Å². The van der Waals surface area contributed by atoms with Crippen molar-refractivity contribution >= 4 is 17.9 Å². The molecule has 0 saturated heterocycles. The Morgan fingerprint density at radius 3 is 1.02 bits per heavy atom. The third-order valence-corrected chi connectivity index (χ3v) is 11.3. The molecule has 0 aliphatic carbocycles. The van der Waals surface area contributed by atoms with E-state index in [9.17, 15) is 14.4 Å². The average molecular weight is 855 g/mol. The Hall–Kier alpha value is -2.63. The number of unbranched alkanes of at least 4 members (excludes halogenated alkanes) is 28. The summed E-state index contributed by atoms with van der Waals surface area (Å²) in [5.41, 5.74) is 0. The van der Waals surface area contributed by atoms with Crippen LogP contribution in [0.2, 0.25) is 0 Å². The van der Waals surface area contributed by atoms with Crippen molar-refractivity contribution in [2.45, 2.75) is 271 Å². The molecule has 0 spiro atoms. The van der Waals surface area contributed by atoms with Crippen LogP contribution in [0.1, 0.15) is 265 Å². The second-order valence-electron chi connectivity index (χ2n) is 17.4. The number of carbonyl (C=O) groups excluding carboxylic acids is 3. The minimum absolute atomic E-state index is 0.0796. The summed E-state index contributed by atoms with van der Waals surface area (Å²) in [6.45, 7) is 6.51. The van der Waals surface area contributed by atoms with Crippen LogP contribution in [0.25, 0.3) is 0 Å². The van der Waals surface area contributed by atoms with Gasteiger partial charge in [-0.1, -0.05) is 217 Å². The Morgan fingerprint density at radius 2 is 0.639 bits per heavy atom. The first-order valence-corrected chi connectivity index (χ1v) is 26.1. The monoisotopic (exact) mass is 855 g/mol. The van der Waals surface area contributed by atoms with E-state index in [1.165, 1.54) is 116 Å². The van der Waals surface area contributed by atoms with Gasteiger partial charge in [0.05, 0.1) is 0 Å². The molecule has 6 nitrogen and oxygen atoms in total. The smallest absolute Gasteiger partial charge is 0.306 e. The van der Waals surface area contributed by atoms with E-state index in [1.807, 2.05) is 0 Å². The van der Waals surface area contributed by atoms with Gasteiger partial charge in [0.25, 0.3) is 0 Å². The molecule has 0 unspecified atom stereocenters. The van der Waals surface area contributed by atoms with Gasteiger partial charge < -0.3 is 14.2 Å². The summed E-state index contributed by atoms with van der Waals surface area (Å²) in [4.78, 5) is 38.0. The molecule has 0 fully saturated rings. The summed E-state index contributed by atoms with van der Waals surface area (Å²) in [5, 5.41) is 0. The molecule has 0 aliphatic heterocycles. The van der Waals surface area contributed by atoms with E-state index >= 15 is 0 Å². The lowest BCUT2D eigenvalue weighted by molar-refractivity contribution is -0.167. The molecule has 0 radical (unpaired) electrons. The molecule has 0 aliphatic rings. The van der Waals surface area contributed by atoms with Crippen molar-refractivity contribution in [3.8, 4) is 0 Å². The topological polar surface area (TPSA) is 78.9 Å². The van der Waals surface area contributed by atoms with Crippen molar-refractivity contribution < 1.29 is 28.6 Å². The number of rotatable bonds is 47. The maximum atomic E-state index is 12.8. The molecule has 0 aromatic heterocycles. The number of carbonyl (C=O) groups is 3. The van der Waals surface area contributed by atoms with Crippen molar-refractivity contribution in [3.63, 3.8) is 0 Å². The number of hydrogen-bond acceptors (Lipinski definition) is 6. The SMILES string of the molecule is CC/C=C/C/C=C/C/C=C/CCCCCCCC(=O)OC[C@@H](COC(=O)CCCCCCCCCCCCCCCC)OC(=O)CCCCCCC/C=C/CCCCCCC. The molecule has 0 N–H and O–H groups in total. The van der Waals surface area contributed by atoms with Gasteiger partial charge in [-0.15, -0.1) is 0 Å². The second-order valence-corrected chi connectivity index (χ2v) is 17.4. The largest absolute Gasteiger partial charge is 0.462 e. The van der Waals surface area contributed by atoms with Crippen molar-refractivity contribution in [2.75, 3.05) is 13.2 Å². The number of hydrogen-bond donors (Lipinski definition) is 0. The van der Waals surface area contributed by atoms with Crippen LogP contribution in [-0.2, 0) is 28.6 Å².